The van der Waals surface area contributed by atoms with Gasteiger partial charge < -0.3 is 13.9 Å². The molecule has 0 radical (unpaired) electrons. The number of hydrogen-bond acceptors (Lipinski definition) is 7. The van der Waals surface area contributed by atoms with Crippen molar-refractivity contribution in [1.82, 2.24) is 10.2 Å². The second kappa shape index (κ2) is 9.09. The lowest BCUT2D eigenvalue weighted by molar-refractivity contribution is -0.152. The second-order valence-corrected chi connectivity index (χ2v) is 6.17. The van der Waals surface area contributed by atoms with Crippen molar-refractivity contribution in [3.05, 3.63) is 65.8 Å². The molecule has 0 N–H and O–H groups in total. The van der Waals surface area contributed by atoms with Crippen LogP contribution in [0.3, 0.4) is 0 Å². The van der Waals surface area contributed by atoms with E-state index in [0.717, 1.165) is 0 Å². The van der Waals surface area contributed by atoms with Gasteiger partial charge in [-0.15, -0.1) is 10.2 Å². The number of aromatic nitrogens is 2. The zero-order valence-electron chi connectivity index (χ0n) is 15.9. The lowest BCUT2D eigenvalue weighted by Gasteiger charge is -2.10. The van der Waals surface area contributed by atoms with Crippen molar-refractivity contribution in [3.63, 3.8) is 0 Å². The minimum absolute atomic E-state index is 0.0318. The quantitative estimate of drug-likeness (QED) is 0.416. The molecule has 0 unspecified atom stereocenters. The first kappa shape index (κ1) is 20.2. The predicted octanol–water partition coefficient (Wildman–Crippen LogP) is 4.15. The highest BCUT2D eigenvalue weighted by molar-refractivity contribution is 5.95. The SMILES string of the molecule is CCC(=O)c1ccc(OCC(=O)O[C@H](C)c2nnc(-c3ccc(F)cc3)o2)cc1. The first-order chi connectivity index (χ1) is 14.0. The number of carbonyl (C=O) groups is 2. The van der Waals surface area contributed by atoms with E-state index in [2.05, 4.69) is 10.2 Å². The van der Waals surface area contributed by atoms with Crippen molar-refractivity contribution in [2.75, 3.05) is 6.61 Å². The van der Waals surface area contributed by atoms with Crippen LogP contribution in [0.2, 0.25) is 0 Å². The van der Waals surface area contributed by atoms with Crippen molar-refractivity contribution < 1.29 is 27.9 Å². The highest BCUT2D eigenvalue weighted by Gasteiger charge is 2.19. The summed E-state index contributed by atoms with van der Waals surface area (Å²) < 4.78 is 29.1. The first-order valence-corrected chi connectivity index (χ1v) is 9.01. The van der Waals surface area contributed by atoms with E-state index in [1.54, 1.807) is 38.1 Å². The summed E-state index contributed by atoms with van der Waals surface area (Å²) in [5.74, 6) is -0.209. The molecule has 0 saturated heterocycles. The average Bonchev–Trinajstić information content (AvgIpc) is 3.23. The van der Waals surface area contributed by atoms with Crippen LogP contribution in [0.4, 0.5) is 4.39 Å². The molecule has 1 aromatic heterocycles. The Morgan fingerprint density at radius 2 is 1.76 bits per heavy atom. The molecule has 0 saturated carbocycles. The van der Waals surface area contributed by atoms with E-state index < -0.39 is 12.1 Å². The maximum absolute atomic E-state index is 13.0. The molecule has 1 heterocycles. The van der Waals surface area contributed by atoms with E-state index in [1.807, 2.05) is 0 Å². The summed E-state index contributed by atoms with van der Waals surface area (Å²) in [6.45, 7) is 3.06. The summed E-state index contributed by atoms with van der Waals surface area (Å²) in [7, 11) is 0. The van der Waals surface area contributed by atoms with E-state index in [1.165, 1.54) is 24.3 Å². The Balaban J connectivity index is 1.53. The Kier molecular flexibility index (Phi) is 6.33. The fourth-order valence-corrected chi connectivity index (χ4v) is 2.47. The van der Waals surface area contributed by atoms with Crippen molar-refractivity contribution in [1.29, 1.82) is 0 Å². The number of esters is 1. The molecule has 3 aromatic rings. The van der Waals surface area contributed by atoms with Gasteiger partial charge in [0.25, 0.3) is 5.89 Å². The van der Waals surface area contributed by atoms with Crippen molar-refractivity contribution >= 4 is 11.8 Å². The molecule has 8 heteroatoms. The van der Waals surface area contributed by atoms with Gasteiger partial charge in [0.1, 0.15) is 11.6 Å². The molecule has 29 heavy (non-hydrogen) atoms. The Bertz CT molecular complexity index is 983. The monoisotopic (exact) mass is 398 g/mol. The van der Waals surface area contributed by atoms with Gasteiger partial charge in [-0.3, -0.25) is 4.79 Å². The summed E-state index contributed by atoms with van der Waals surface area (Å²) in [6, 6.07) is 12.1. The Labute approximate surface area is 166 Å². The molecular weight excluding hydrogens is 379 g/mol. The summed E-state index contributed by atoms with van der Waals surface area (Å²) in [5, 5.41) is 7.74. The van der Waals surface area contributed by atoms with Gasteiger partial charge in [0.2, 0.25) is 5.89 Å². The van der Waals surface area contributed by atoms with Crippen molar-refractivity contribution in [3.8, 4) is 17.2 Å². The van der Waals surface area contributed by atoms with E-state index in [9.17, 15) is 14.0 Å². The van der Waals surface area contributed by atoms with Crippen LogP contribution in [0.25, 0.3) is 11.5 Å². The number of ether oxygens (including phenoxy) is 2. The molecule has 7 nitrogen and oxygen atoms in total. The number of Topliss-reactive ketones (excluding diaryl/α,β-unsaturated/α-hetero) is 1. The molecule has 0 aliphatic heterocycles. The van der Waals surface area contributed by atoms with Gasteiger partial charge in [0.15, 0.2) is 18.5 Å². The van der Waals surface area contributed by atoms with Gasteiger partial charge in [-0.1, -0.05) is 6.92 Å². The van der Waals surface area contributed by atoms with Gasteiger partial charge in [0.05, 0.1) is 0 Å². The van der Waals surface area contributed by atoms with Crippen LogP contribution >= 0.6 is 0 Å². The van der Waals surface area contributed by atoms with Crippen LogP contribution in [0, 0.1) is 5.82 Å². The van der Waals surface area contributed by atoms with E-state index in [0.29, 0.717) is 23.3 Å². The Morgan fingerprint density at radius 1 is 1.07 bits per heavy atom. The maximum atomic E-state index is 13.0. The number of halogens is 1. The highest BCUT2D eigenvalue weighted by atomic mass is 19.1. The highest BCUT2D eigenvalue weighted by Crippen LogP contribution is 2.22. The zero-order chi connectivity index (χ0) is 20.8. The number of hydrogen-bond donors (Lipinski definition) is 0. The molecule has 0 bridgehead atoms. The largest absolute Gasteiger partial charge is 0.482 e. The molecule has 1 atom stereocenters. The molecule has 3 rings (SSSR count). The van der Waals surface area contributed by atoms with E-state index >= 15 is 0 Å². The standard InChI is InChI=1S/C21H19FN2O5/c1-3-18(25)14-6-10-17(11-7-14)27-12-19(26)28-13(2)20-23-24-21(29-20)15-4-8-16(22)9-5-15/h4-11,13H,3,12H2,1-2H3/t13-/m1/s1. The van der Waals surface area contributed by atoms with Crippen LogP contribution < -0.4 is 4.74 Å². The number of nitrogens with zero attached hydrogens (tertiary/aromatic N) is 2. The maximum Gasteiger partial charge on any atom is 0.344 e. The summed E-state index contributed by atoms with van der Waals surface area (Å²) in [5.41, 5.74) is 1.14. The van der Waals surface area contributed by atoms with Crippen molar-refractivity contribution in [2.24, 2.45) is 0 Å². The van der Waals surface area contributed by atoms with Gasteiger partial charge in [-0.2, -0.15) is 0 Å². The summed E-state index contributed by atoms with van der Waals surface area (Å²) in [4.78, 5) is 23.6. The molecule has 0 aliphatic rings. The van der Waals surface area contributed by atoms with Crippen LogP contribution in [0.1, 0.15) is 42.6 Å². The first-order valence-electron chi connectivity index (χ1n) is 9.01. The lowest BCUT2D eigenvalue weighted by Crippen LogP contribution is -2.17. The third-order valence-corrected chi connectivity index (χ3v) is 4.04. The molecule has 2 aromatic carbocycles. The second-order valence-electron chi connectivity index (χ2n) is 6.17. The normalized spacial score (nSPS) is 11.7. The number of carbonyl (C=O) groups excluding carboxylic acids is 2. The molecule has 150 valence electrons. The fraction of sp³-hybridized carbons (Fsp3) is 0.238. The van der Waals surface area contributed by atoms with E-state index in [4.69, 9.17) is 13.9 Å². The number of rotatable bonds is 8. The molecule has 0 amide bonds. The van der Waals surface area contributed by atoms with Crippen LogP contribution in [-0.2, 0) is 9.53 Å². The minimum Gasteiger partial charge on any atom is -0.482 e. The van der Waals surface area contributed by atoms with Crippen LogP contribution in [0.5, 0.6) is 5.75 Å². The Hall–Kier alpha value is -3.55. The summed E-state index contributed by atoms with van der Waals surface area (Å²) in [6.07, 6.45) is -0.361. The lowest BCUT2D eigenvalue weighted by atomic mass is 10.1. The third kappa shape index (κ3) is 5.25. The van der Waals surface area contributed by atoms with Gasteiger partial charge in [0, 0.05) is 17.5 Å². The van der Waals surface area contributed by atoms with Crippen LogP contribution in [-0.4, -0.2) is 28.6 Å². The van der Waals surface area contributed by atoms with Gasteiger partial charge >= 0.3 is 5.97 Å². The molecule has 0 aliphatic carbocycles. The van der Waals surface area contributed by atoms with Crippen LogP contribution in [0.15, 0.2) is 52.9 Å². The molecule has 0 fully saturated rings. The van der Waals surface area contributed by atoms with Crippen molar-refractivity contribution in [2.45, 2.75) is 26.4 Å². The minimum atomic E-state index is -0.780. The zero-order valence-corrected chi connectivity index (χ0v) is 15.9. The molecular formula is C21H19FN2O5. The summed E-state index contributed by atoms with van der Waals surface area (Å²) >= 11 is 0. The predicted molar refractivity (Wildman–Crippen MR) is 101 cm³/mol. The third-order valence-electron chi connectivity index (χ3n) is 4.04. The molecule has 0 spiro atoms. The van der Waals surface area contributed by atoms with Gasteiger partial charge in [-0.05, 0) is 55.5 Å². The fourth-order valence-electron chi connectivity index (χ4n) is 2.47. The topological polar surface area (TPSA) is 91.5 Å². The average molecular weight is 398 g/mol. The Morgan fingerprint density at radius 3 is 2.41 bits per heavy atom. The van der Waals surface area contributed by atoms with E-state index in [-0.39, 0.29) is 30.0 Å². The van der Waals surface area contributed by atoms with Gasteiger partial charge in [-0.25, -0.2) is 9.18 Å². The number of benzene rings is 2. The smallest absolute Gasteiger partial charge is 0.344 e. The number of ketones is 1.